The van der Waals surface area contributed by atoms with Crippen LogP contribution in [0, 0.1) is 0 Å². The Morgan fingerprint density at radius 2 is 1.90 bits per heavy atom. The maximum atomic E-state index is 13.0. The fourth-order valence-corrected chi connectivity index (χ4v) is 4.99. The van der Waals surface area contributed by atoms with Crippen LogP contribution in [-0.4, -0.2) is 63.5 Å². The number of methoxy groups -OCH3 is 1. The molecule has 4 rings (SSSR count). The molecule has 0 unspecified atom stereocenters. The topological polar surface area (TPSA) is 91.8 Å². The Hall–Kier alpha value is -2.36. The van der Waals surface area contributed by atoms with E-state index in [9.17, 15) is 13.2 Å². The summed E-state index contributed by atoms with van der Waals surface area (Å²) in [6, 6.07) is 8.14. The van der Waals surface area contributed by atoms with Gasteiger partial charge in [0.2, 0.25) is 10.0 Å². The third-order valence-corrected chi connectivity index (χ3v) is 6.97. The first-order valence-electron chi connectivity index (χ1n) is 9.73. The van der Waals surface area contributed by atoms with Gasteiger partial charge in [0, 0.05) is 44.0 Å². The van der Waals surface area contributed by atoms with Gasteiger partial charge in [-0.2, -0.15) is 0 Å². The summed E-state index contributed by atoms with van der Waals surface area (Å²) in [6.45, 7) is 2.28. The second kappa shape index (κ2) is 8.41. The maximum Gasteiger partial charge on any atom is 0.254 e. The van der Waals surface area contributed by atoms with E-state index in [4.69, 9.17) is 16.3 Å². The Bertz CT molecular complexity index is 1030. The van der Waals surface area contributed by atoms with Crippen LogP contribution in [0.4, 0.5) is 5.82 Å². The number of carbonyl (C=O) groups is 1. The van der Waals surface area contributed by atoms with Crippen molar-refractivity contribution in [2.45, 2.75) is 23.8 Å². The maximum absolute atomic E-state index is 13.0. The summed E-state index contributed by atoms with van der Waals surface area (Å²) >= 11 is 5.89. The van der Waals surface area contributed by atoms with Gasteiger partial charge in [-0.05, 0) is 43.2 Å². The van der Waals surface area contributed by atoms with Gasteiger partial charge in [-0.1, -0.05) is 11.6 Å². The number of hydrogen-bond acceptors (Lipinski definition) is 6. The molecule has 10 heteroatoms. The molecule has 0 bridgehead atoms. The minimum Gasteiger partial charge on any atom is -0.495 e. The monoisotopic (exact) mass is 450 g/mol. The van der Waals surface area contributed by atoms with Gasteiger partial charge in [-0.25, -0.2) is 18.1 Å². The van der Waals surface area contributed by atoms with Crippen LogP contribution in [-0.2, 0) is 10.0 Å². The first-order valence-corrected chi connectivity index (χ1v) is 11.6. The van der Waals surface area contributed by atoms with Crippen LogP contribution in [0.5, 0.6) is 5.75 Å². The lowest BCUT2D eigenvalue weighted by Crippen LogP contribution is -2.49. The number of anilines is 1. The van der Waals surface area contributed by atoms with Crippen LogP contribution < -0.4 is 14.4 Å². The summed E-state index contributed by atoms with van der Waals surface area (Å²) in [4.78, 5) is 21.1. The SMILES string of the molecule is COc1ccc(C(=O)N2CCN(c3ccc(Cl)cn3)CC2)cc1S(=O)(=O)NC1CC1. The first-order chi connectivity index (χ1) is 14.4. The van der Waals surface area contributed by atoms with Crippen LogP contribution in [0.2, 0.25) is 5.02 Å². The molecule has 8 nitrogen and oxygen atoms in total. The molecular weight excluding hydrogens is 428 g/mol. The predicted molar refractivity (Wildman–Crippen MR) is 114 cm³/mol. The van der Waals surface area contributed by atoms with Crippen LogP contribution in [0.25, 0.3) is 0 Å². The largest absolute Gasteiger partial charge is 0.495 e. The van der Waals surface area contributed by atoms with E-state index < -0.39 is 10.0 Å². The predicted octanol–water partition coefficient (Wildman–Crippen LogP) is 2.15. The van der Waals surface area contributed by atoms with E-state index >= 15 is 0 Å². The van der Waals surface area contributed by atoms with Gasteiger partial charge in [-0.3, -0.25) is 4.79 Å². The number of piperazine rings is 1. The number of carbonyl (C=O) groups excluding carboxylic acids is 1. The summed E-state index contributed by atoms with van der Waals surface area (Å²) in [7, 11) is -2.33. The van der Waals surface area contributed by atoms with Gasteiger partial charge in [0.1, 0.15) is 16.5 Å². The molecule has 1 aromatic heterocycles. The van der Waals surface area contributed by atoms with Crippen molar-refractivity contribution in [3.63, 3.8) is 0 Å². The molecule has 2 heterocycles. The molecule has 1 amide bonds. The Balaban J connectivity index is 1.48. The molecule has 1 saturated carbocycles. The molecular formula is C20H23ClN4O4S. The van der Waals surface area contributed by atoms with E-state index in [1.54, 1.807) is 23.2 Å². The molecule has 160 valence electrons. The van der Waals surface area contributed by atoms with E-state index in [1.165, 1.54) is 19.2 Å². The second-order valence-corrected chi connectivity index (χ2v) is 9.49. The molecule has 0 atom stereocenters. The molecule has 1 aliphatic carbocycles. The zero-order valence-electron chi connectivity index (χ0n) is 16.5. The van der Waals surface area contributed by atoms with E-state index in [0.717, 1.165) is 18.7 Å². The van der Waals surface area contributed by atoms with Gasteiger partial charge in [0.05, 0.1) is 12.1 Å². The molecule has 30 heavy (non-hydrogen) atoms. The molecule has 2 aromatic rings. The van der Waals surface area contributed by atoms with Crippen LogP contribution in [0.15, 0.2) is 41.4 Å². The highest BCUT2D eigenvalue weighted by Crippen LogP contribution is 2.29. The summed E-state index contributed by atoms with van der Waals surface area (Å²) in [5, 5.41) is 0.578. The Morgan fingerprint density at radius 3 is 2.50 bits per heavy atom. The third-order valence-electron chi connectivity index (χ3n) is 5.20. The highest BCUT2D eigenvalue weighted by Gasteiger charge is 2.31. The number of nitrogens with zero attached hydrogens (tertiary/aromatic N) is 3. The highest BCUT2D eigenvalue weighted by molar-refractivity contribution is 7.89. The quantitative estimate of drug-likeness (QED) is 0.725. The molecule has 2 fully saturated rings. The number of ether oxygens (including phenoxy) is 1. The Kier molecular flexibility index (Phi) is 5.86. The summed E-state index contributed by atoms with van der Waals surface area (Å²) in [5.74, 6) is 0.832. The van der Waals surface area contributed by atoms with Gasteiger partial charge in [-0.15, -0.1) is 0 Å². The standard InChI is InChI=1S/C20H23ClN4O4S/c1-29-17-6-2-14(12-18(17)30(27,28)23-16-4-5-16)20(26)25-10-8-24(9-11-25)19-7-3-15(21)13-22-19/h2-3,6-7,12-13,16,23H,4-5,8-11H2,1H3. The number of aromatic nitrogens is 1. The number of amides is 1. The average molecular weight is 451 g/mol. The van der Waals surface area contributed by atoms with E-state index in [-0.39, 0.29) is 22.6 Å². The first kappa shape index (κ1) is 20.9. The fourth-order valence-electron chi connectivity index (χ4n) is 3.38. The average Bonchev–Trinajstić information content (AvgIpc) is 3.57. The van der Waals surface area contributed by atoms with Crippen LogP contribution in [0.3, 0.4) is 0 Å². The van der Waals surface area contributed by atoms with Crippen molar-refractivity contribution in [2.75, 3.05) is 38.2 Å². The number of pyridine rings is 1. The van der Waals surface area contributed by atoms with E-state index in [2.05, 4.69) is 14.6 Å². The van der Waals surface area contributed by atoms with Crippen molar-refractivity contribution < 1.29 is 17.9 Å². The van der Waals surface area contributed by atoms with Crippen molar-refractivity contribution in [1.29, 1.82) is 0 Å². The number of halogens is 1. The molecule has 2 aliphatic rings. The highest BCUT2D eigenvalue weighted by atomic mass is 35.5. The number of benzene rings is 1. The zero-order chi connectivity index (χ0) is 21.3. The van der Waals surface area contributed by atoms with Crippen molar-refractivity contribution in [2.24, 2.45) is 0 Å². The number of hydrogen-bond donors (Lipinski definition) is 1. The van der Waals surface area contributed by atoms with Gasteiger partial charge < -0.3 is 14.5 Å². The lowest BCUT2D eigenvalue weighted by molar-refractivity contribution is 0.0746. The van der Waals surface area contributed by atoms with Crippen LogP contribution in [0.1, 0.15) is 23.2 Å². The summed E-state index contributed by atoms with van der Waals surface area (Å²) in [6.07, 6.45) is 3.25. The smallest absolute Gasteiger partial charge is 0.254 e. The Labute approximate surface area is 180 Å². The summed E-state index contributed by atoms with van der Waals surface area (Å²) in [5.41, 5.74) is 0.324. The molecule has 0 spiro atoms. The fraction of sp³-hybridized carbons (Fsp3) is 0.400. The molecule has 1 aromatic carbocycles. The van der Waals surface area contributed by atoms with Gasteiger partial charge in [0.15, 0.2) is 0 Å². The normalized spacial score (nSPS) is 17.1. The minimum atomic E-state index is -3.75. The van der Waals surface area contributed by atoms with E-state index in [1.807, 2.05) is 6.07 Å². The van der Waals surface area contributed by atoms with Gasteiger partial charge in [0.25, 0.3) is 5.91 Å². The number of sulfonamides is 1. The minimum absolute atomic E-state index is 0.00764. The summed E-state index contributed by atoms with van der Waals surface area (Å²) < 4.78 is 33.3. The second-order valence-electron chi connectivity index (χ2n) is 7.38. The van der Waals surface area contributed by atoms with Crippen molar-refractivity contribution in [3.8, 4) is 5.75 Å². The number of nitrogens with one attached hydrogen (secondary N) is 1. The molecule has 0 radical (unpaired) electrons. The zero-order valence-corrected chi connectivity index (χ0v) is 18.1. The third kappa shape index (κ3) is 4.53. The molecule has 1 aliphatic heterocycles. The van der Waals surface area contributed by atoms with Crippen LogP contribution >= 0.6 is 11.6 Å². The Morgan fingerprint density at radius 1 is 1.17 bits per heavy atom. The lowest BCUT2D eigenvalue weighted by Gasteiger charge is -2.35. The number of rotatable bonds is 6. The van der Waals surface area contributed by atoms with Crippen molar-refractivity contribution in [1.82, 2.24) is 14.6 Å². The van der Waals surface area contributed by atoms with Gasteiger partial charge >= 0.3 is 0 Å². The lowest BCUT2D eigenvalue weighted by atomic mass is 10.1. The van der Waals surface area contributed by atoms with Crippen molar-refractivity contribution in [3.05, 3.63) is 47.1 Å². The van der Waals surface area contributed by atoms with E-state index in [0.29, 0.717) is 36.8 Å². The van der Waals surface area contributed by atoms with Crippen molar-refractivity contribution >= 4 is 33.3 Å². The molecule has 1 saturated heterocycles. The molecule has 1 N–H and O–H groups in total.